The van der Waals surface area contributed by atoms with Crippen LogP contribution < -0.4 is 5.32 Å². The molecule has 0 aliphatic carbocycles. The van der Waals surface area contributed by atoms with Crippen molar-refractivity contribution < 1.29 is 4.79 Å². The lowest BCUT2D eigenvalue weighted by atomic mass is 10.0. The smallest absolute Gasteiger partial charge is 0.256 e. The number of aryl methyl sites for hydroxylation is 1. The molecule has 5 aromatic rings. The molecule has 0 radical (unpaired) electrons. The second-order valence-electron chi connectivity index (χ2n) is 8.17. The first-order chi connectivity index (χ1) is 16.5. The van der Waals surface area contributed by atoms with E-state index in [0.717, 1.165) is 22.9 Å². The summed E-state index contributed by atoms with van der Waals surface area (Å²) >= 11 is 12.8. The second kappa shape index (κ2) is 9.45. The predicted molar refractivity (Wildman–Crippen MR) is 139 cm³/mol. The number of carbonyl (C=O) groups excluding carboxylic acids is 1. The fraction of sp³-hybridized carbons (Fsp3) is 0.148. The largest absolute Gasteiger partial charge is 0.321 e. The van der Waals surface area contributed by atoms with Gasteiger partial charge >= 0.3 is 0 Å². The highest BCUT2D eigenvalue weighted by Gasteiger charge is 2.15. The van der Waals surface area contributed by atoms with Crippen molar-refractivity contribution in [2.45, 2.75) is 26.2 Å². The van der Waals surface area contributed by atoms with E-state index in [1.165, 1.54) is 18.4 Å². The molecule has 1 aromatic heterocycles. The van der Waals surface area contributed by atoms with Gasteiger partial charge in [-0.25, -0.2) is 0 Å². The first-order valence-corrected chi connectivity index (χ1v) is 11.9. The van der Waals surface area contributed by atoms with Gasteiger partial charge in [0.15, 0.2) is 0 Å². The van der Waals surface area contributed by atoms with Crippen molar-refractivity contribution in [1.29, 1.82) is 0 Å². The third kappa shape index (κ3) is 4.37. The van der Waals surface area contributed by atoms with E-state index in [4.69, 9.17) is 23.2 Å². The Hall–Kier alpha value is -3.41. The molecule has 0 saturated heterocycles. The van der Waals surface area contributed by atoms with Gasteiger partial charge in [-0.3, -0.25) is 4.79 Å². The fourth-order valence-electron chi connectivity index (χ4n) is 3.99. The van der Waals surface area contributed by atoms with E-state index < -0.39 is 0 Å². The number of anilines is 1. The molecule has 7 heteroatoms. The van der Waals surface area contributed by atoms with E-state index in [2.05, 4.69) is 34.6 Å². The number of carbonyl (C=O) groups is 1. The van der Waals surface area contributed by atoms with Gasteiger partial charge in [0.25, 0.3) is 5.91 Å². The molecule has 5 nitrogen and oxygen atoms in total. The molecule has 1 heterocycles. The summed E-state index contributed by atoms with van der Waals surface area (Å²) in [6.45, 7) is 2.19. The lowest BCUT2D eigenvalue weighted by molar-refractivity contribution is 0.102. The maximum absolute atomic E-state index is 13.1. The Balaban J connectivity index is 1.43. The number of unbranched alkanes of at least 4 members (excludes halogenated alkanes) is 1. The van der Waals surface area contributed by atoms with Crippen molar-refractivity contribution in [3.8, 4) is 5.69 Å². The maximum atomic E-state index is 13.1. The number of fused-ring (bicyclic) bond motifs is 2. The Labute approximate surface area is 207 Å². The number of aromatic nitrogens is 3. The molecule has 0 fully saturated rings. The summed E-state index contributed by atoms with van der Waals surface area (Å²) < 4.78 is 0. The zero-order chi connectivity index (χ0) is 23.7. The van der Waals surface area contributed by atoms with Crippen molar-refractivity contribution in [3.63, 3.8) is 0 Å². The lowest BCUT2D eigenvalue weighted by Gasteiger charge is -2.10. The van der Waals surface area contributed by atoms with Crippen LogP contribution in [0.1, 0.15) is 35.7 Å². The molecule has 1 N–H and O–H groups in total. The van der Waals surface area contributed by atoms with Crippen molar-refractivity contribution in [1.82, 2.24) is 15.0 Å². The molecule has 5 rings (SSSR count). The average molecular weight is 489 g/mol. The van der Waals surface area contributed by atoms with Crippen LogP contribution in [0.2, 0.25) is 10.0 Å². The quantitative estimate of drug-likeness (QED) is 0.269. The normalized spacial score (nSPS) is 11.3. The molecule has 0 spiro atoms. The summed E-state index contributed by atoms with van der Waals surface area (Å²) in [6, 6.07) is 22.7. The summed E-state index contributed by atoms with van der Waals surface area (Å²) in [7, 11) is 0. The molecule has 34 heavy (non-hydrogen) atoms. The molecule has 0 aliphatic heterocycles. The van der Waals surface area contributed by atoms with Crippen molar-refractivity contribution in [3.05, 3.63) is 94.0 Å². The zero-order valence-corrected chi connectivity index (χ0v) is 20.1. The van der Waals surface area contributed by atoms with Crippen molar-refractivity contribution in [2.24, 2.45) is 0 Å². The first kappa shape index (κ1) is 22.4. The highest BCUT2D eigenvalue weighted by atomic mass is 35.5. The Morgan fingerprint density at radius 2 is 1.59 bits per heavy atom. The summed E-state index contributed by atoms with van der Waals surface area (Å²) in [5, 5.41) is 14.7. The van der Waals surface area contributed by atoms with Crippen LogP contribution in [0.15, 0.2) is 72.8 Å². The summed E-state index contributed by atoms with van der Waals surface area (Å²) in [5.41, 5.74) is 4.43. The Kier molecular flexibility index (Phi) is 6.22. The highest BCUT2D eigenvalue weighted by molar-refractivity contribution is 6.36. The Bertz CT molecular complexity index is 1510. The fourth-order valence-corrected chi connectivity index (χ4v) is 4.43. The Morgan fingerprint density at radius 3 is 2.35 bits per heavy atom. The van der Waals surface area contributed by atoms with Crippen molar-refractivity contribution in [2.75, 3.05) is 5.32 Å². The van der Waals surface area contributed by atoms with Crippen LogP contribution in [0.5, 0.6) is 0 Å². The molecular formula is C27H22Cl2N4O. The minimum atomic E-state index is -0.274. The number of hydrogen-bond donors (Lipinski definition) is 1. The predicted octanol–water partition coefficient (Wildman–Crippen LogP) is 7.48. The van der Waals surface area contributed by atoms with Crippen LogP contribution in [0, 0.1) is 0 Å². The minimum absolute atomic E-state index is 0.274. The van der Waals surface area contributed by atoms with E-state index in [1.54, 1.807) is 29.1 Å². The molecule has 170 valence electrons. The number of benzene rings is 4. The average Bonchev–Trinajstić information content (AvgIpc) is 3.26. The minimum Gasteiger partial charge on any atom is -0.321 e. The van der Waals surface area contributed by atoms with Gasteiger partial charge in [0.2, 0.25) is 0 Å². The van der Waals surface area contributed by atoms with Gasteiger partial charge in [0.05, 0.1) is 16.4 Å². The maximum Gasteiger partial charge on any atom is 0.256 e. The zero-order valence-electron chi connectivity index (χ0n) is 18.6. The van der Waals surface area contributed by atoms with Crippen LogP contribution in [0.25, 0.3) is 27.5 Å². The third-order valence-corrected chi connectivity index (χ3v) is 6.46. The number of hydrogen-bond acceptors (Lipinski definition) is 3. The van der Waals surface area contributed by atoms with Crippen LogP contribution in [0.3, 0.4) is 0 Å². The monoisotopic (exact) mass is 488 g/mol. The number of rotatable bonds is 6. The summed E-state index contributed by atoms with van der Waals surface area (Å²) in [5.74, 6) is -0.274. The van der Waals surface area contributed by atoms with Gasteiger partial charge in [0, 0.05) is 16.0 Å². The molecular weight excluding hydrogens is 467 g/mol. The van der Waals surface area contributed by atoms with E-state index in [1.807, 2.05) is 36.4 Å². The molecule has 0 atom stereocenters. The lowest BCUT2D eigenvalue weighted by Crippen LogP contribution is -2.12. The number of halogens is 2. The molecule has 0 aliphatic rings. The Morgan fingerprint density at radius 1 is 0.882 bits per heavy atom. The molecule has 0 bridgehead atoms. The van der Waals surface area contributed by atoms with Gasteiger partial charge < -0.3 is 5.32 Å². The van der Waals surface area contributed by atoms with Crippen LogP contribution in [0.4, 0.5) is 5.69 Å². The van der Waals surface area contributed by atoms with E-state index in [9.17, 15) is 4.79 Å². The number of amides is 1. The molecule has 4 aromatic carbocycles. The topological polar surface area (TPSA) is 59.8 Å². The van der Waals surface area contributed by atoms with E-state index in [-0.39, 0.29) is 5.91 Å². The van der Waals surface area contributed by atoms with Crippen molar-refractivity contribution >= 4 is 56.6 Å². The first-order valence-electron chi connectivity index (χ1n) is 11.2. The summed E-state index contributed by atoms with van der Waals surface area (Å²) in [4.78, 5) is 14.7. The highest BCUT2D eigenvalue weighted by Crippen LogP contribution is 2.30. The van der Waals surface area contributed by atoms with Gasteiger partial charge in [-0.05, 0) is 60.2 Å². The van der Waals surface area contributed by atoms with E-state index in [0.29, 0.717) is 32.3 Å². The van der Waals surface area contributed by atoms with E-state index >= 15 is 0 Å². The molecule has 1 amide bonds. The summed E-state index contributed by atoms with van der Waals surface area (Å²) in [6.07, 6.45) is 3.40. The number of nitrogens with one attached hydrogen (secondary N) is 1. The standard InChI is InChI=1S/C27H22Cl2N4O/c1-2-3-6-17-11-13-18(14-12-17)33-31-25-15-23(29)24(16-26(25)32-33)30-27(34)21-9-4-8-20-19(21)7-5-10-22(20)28/h4-5,7-16H,2-3,6H2,1H3,(H,30,34). The number of nitrogens with zero attached hydrogens (tertiary/aromatic N) is 3. The van der Waals surface area contributed by atoms with Crippen LogP contribution in [-0.4, -0.2) is 20.9 Å². The van der Waals surface area contributed by atoms with Crippen LogP contribution in [-0.2, 0) is 6.42 Å². The van der Waals surface area contributed by atoms with Gasteiger partial charge in [-0.2, -0.15) is 4.80 Å². The second-order valence-corrected chi connectivity index (χ2v) is 8.99. The van der Waals surface area contributed by atoms with Gasteiger partial charge in [-0.15, -0.1) is 10.2 Å². The SMILES string of the molecule is CCCCc1ccc(-n2nc3cc(Cl)c(NC(=O)c4cccc5c(Cl)cccc45)cc3n2)cc1. The molecule has 0 saturated carbocycles. The van der Waals surface area contributed by atoms with Gasteiger partial charge in [-0.1, -0.05) is 72.9 Å². The third-order valence-electron chi connectivity index (χ3n) is 5.82. The molecule has 0 unspecified atom stereocenters. The van der Waals surface area contributed by atoms with Crippen LogP contribution >= 0.6 is 23.2 Å². The van der Waals surface area contributed by atoms with Gasteiger partial charge in [0.1, 0.15) is 11.0 Å².